The van der Waals surface area contributed by atoms with Crippen LogP contribution in [-0.4, -0.2) is 55.6 Å². The molecule has 3 aromatic heterocycles. The molecule has 5 rings (SSSR count). The first kappa shape index (κ1) is 19.7. The molecule has 7 nitrogen and oxygen atoms in total. The Bertz CT molecular complexity index is 1230. The third-order valence-electron chi connectivity index (χ3n) is 5.97. The molecular weight excluding hydrogens is 406 g/mol. The molecule has 4 heterocycles. The fourth-order valence-electron chi connectivity index (χ4n) is 4.34. The molecule has 8 heteroatoms. The van der Waals surface area contributed by atoms with Gasteiger partial charge in [0, 0.05) is 43.1 Å². The number of fused-ring (bicyclic) bond motifs is 2. The molecule has 0 radical (unpaired) electrons. The van der Waals surface area contributed by atoms with Crippen LogP contribution >= 0.6 is 12.2 Å². The van der Waals surface area contributed by atoms with E-state index in [1.54, 1.807) is 6.33 Å². The van der Waals surface area contributed by atoms with Crippen molar-refractivity contribution in [1.29, 1.82) is 0 Å². The first-order chi connectivity index (χ1) is 15.1. The van der Waals surface area contributed by atoms with E-state index in [2.05, 4.69) is 61.0 Å². The summed E-state index contributed by atoms with van der Waals surface area (Å²) in [6, 6.07) is 12.4. The lowest BCUT2D eigenvalue weighted by atomic mass is 9.99. The van der Waals surface area contributed by atoms with Crippen molar-refractivity contribution in [2.45, 2.75) is 19.9 Å². The first-order valence-electron chi connectivity index (χ1n) is 10.6. The highest BCUT2D eigenvalue weighted by atomic mass is 32.1. The average molecular weight is 432 g/mol. The Hall–Kier alpha value is -3.26. The van der Waals surface area contributed by atoms with E-state index in [4.69, 9.17) is 12.2 Å². The highest BCUT2D eigenvalue weighted by Gasteiger charge is 2.32. The number of rotatable bonds is 3. The minimum atomic E-state index is 0.269. The van der Waals surface area contributed by atoms with Crippen LogP contribution in [0.4, 0.5) is 11.5 Å². The molecule has 1 aliphatic rings. The molecule has 158 valence electrons. The Morgan fingerprint density at radius 1 is 1.10 bits per heavy atom. The topological polar surface area (TPSA) is 73.0 Å². The second kappa shape index (κ2) is 8.11. The zero-order valence-electron chi connectivity index (χ0n) is 17.6. The van der Waals surface area contributed by atoms with Crippen LogP contribution in [0.3, 0.4) is 0 Å². The molecule has 1 saturated heterocycles. The molecular formula is C23H25N7S. The Morgan fingerprint density at radius 2 is 2.00 bits per heavy atom. The van der Waals surface area contributed by atoms with Crippen molar-refractivity contribution in [1.82, 2.24) is 24.8 Å². The van der Waals surface area contributed by atoms with Gasteiger partial charge in [0.25, 0.3) is 0 Å². The van der Waals surface area contributed by atoms with E-state index < -0.39 is 0 Å². The van der Waals surface area contributed by atoms with Gasteiger partial charge in [-0.2, -0.15) is 0 Å². The van der Waals surface area contributed by atoms with E-state index in [0.717, 1.165) is 58.2 Å². The van der Waals surface area contributed by atoms with Crippen molar-refractivity contribution < 1.29 is 0 Å². The summed E-state index contributed by atoms with van der Waals surface area (Å²) in [6.45, 7) is 7.02. The van der Waals surface area contributed by atoms with E-state index in [9.17, 15) is 0 Å². The number of benzene rings is 1. The van der Waals surface area contributed by atoms with E-state index in [1.165, 1.54) is 0 Å². The van der Waals surface area contributed by atoms with Crippen molar-refractivity contribution in [3.63, 3.8) is 0 Å². The number of pyridine rings is 1. The second-order valence-electron chi connectivity index (χ2n) is 8.19. The SMILES string of the molecule is CC(C)C1CN(c2ncnc3[nH]ccc23)CCN1C(=S)Nc1cccc2ncccc12. The molecule has 2 N–H and O–H groups in total. The monoisotopic (exact) mass is 431 g/mol. The number of thiocarbonyl (C=S) groups is 1. The maximum Gasteiger partial charge on any atom is 0.173 e. The second-order valence-corrected chi connectivity index (χ2v) is 8.58. The maximum atomic E-state index is 5.88. The van der Waals surface area contributed by atoms with Crippen molar-refractivity contribution in [3.05, 3.63) is 55.1 Å². The highest BCUT2D eigenvalue weighted by Crippen LogP contribution is 2.28. The lowest BCUT2D eigenvalue weighted by Crippen LogP contribution is -2.58. The molecule has 1 fully saturated rings. The lowest BCUT2D eigenvalue weighted by Gasteiger charge is -2.45. The van der Waals surface area contributed by atoms with Crippen LogP contribution in [0.25, 0.3) is 21.9 Å². The molecule has 1 unspecified atom stereocenters. The minimum Gasteiger partial charge on any atom is -0.352 e. The van der Waals surface area contributed by atoms with Gasteiger partial charge in [-0.15, -0.1) is 0 Å². The van der Waals surface area contributed by atoms with E-state index >= 15 is 0 Å². The zero-order chi connectivity index (χ0) is 21.4. The molecule has 0 bridgehead atoms. The van der Waals surface area contributed by atoms with Crippen molar-refractivity contribution in [2.75, 3.05) is 29.9 Å². The third kappa shape index (κ3) is 3.67. The van der Waals surface area contributed by atoms with Gasteiger partial charge in [0.05, 0.1) is 16.9 Å². The zero-order valence-corrected chi connectivity index (χ0v) is 18.4. The summed E-state index contributed by atoms with van der Waals surface area (Å²) in [5.74, 6) is 1.41. The summed E-state index contributed by atoms with van der Waals surface area (Å²) in [5.41, 5.74) is 2.82. The maximum absolute atomic E-state index is 5.88. The molecule has 0 saturated carbocycles. The van der Waals surface area contributed by atoms with Gasteiger partial charge in [-0.1, -0.05) is 19.9 Å². The molecule has 1 aromatic carbocycles. The Kier molecular flexibility index (Phi) is 5.15. The van der Waals surface area contributed by atoms with Gasteiger partial charge >= 0.3 is 0 Å². The number of piperazine rings is 1. The van der Waals surface area contributed by atoms with Gasteiger partial charge in [-0.25, -0.2) is 9.97 Å². The summed E-state index contributed by atoms with van der Waals surface area (Å²) in [4.78, 5) is 21.2. The van der Waals surface area contributed by atoms with Crippen molar-refractivity contribution >= 4 is 50.8 Å². The van der Waals surface area contributed by atoms with Crippen LogP contribution < -0.4 is 10.2 Å². The normalized spacial score (nSPS) is 16.9. The van der Waals surface area contributed by atoms with Crippen molar-refractivity contribution in [3.8, 4) is 0 Å². The number of H-pyrrole nitrogens is 1. The number of nitrogens with one attached hydrogen (secondary N) is 2. The molecule has 1 aliphatic heterocycles. The smallest absolute Gasteiger partial charge is 0.173 e. The van der Waals surface area contributed by atoms with Gasteiger partial charge in [0.2, 0.25) is 0 Å². The average Bonchev–Trinajstić information content (AvgIpc) is 3.28. The van der Waals surface area contributed by atoms with Crippen LogP contribution in [-0.2, 0) is 0 Å². The number of hydrogen-bond acceptors (Lipinski definition) is 5. The van der Waals surface area contributed by atoms with Gasteiger partial charge in [0.15, 0.2) is 5.11 Å². The molecule has 31 heavy (non-hydrogen) atoms. The summed E-state index contributed by atoms with van der Waals surface area (Å²) in [5, 5.41) is 6.37. The van der Waals surface area contributed by atoms with Crippen LogP contribution in [0.5, 0.6) is 0 Å². The third-order valence-corrected chi connectivity index (χ3v) is 6.31. The van der Waals surface area contributed by atoms with Crippen molar-refractivity contribution in [2.24, 2.45) is 5.92 Å². The molecule has 0 spiro atoms. The van der Waals surface area contributed by atoms with Crippen LogP contribution in [0.1, 0.15) is 13.8 Å². The standard InChI is InChI=1S/C23H25N7S/c1-15(2)20-13-29(22-17-8-10-25-21(17)26-14-27-22)11-12-30(20)23(31)28-19-7-3-6-18-16(19)5-4-9-24-18/h3-10,14-15,20H,11-13H2,1-2H3,(H,28,31)(H,25,26,27). The predicted molar refractivity (Wildman–Crippen MR) is 129 cm³/mol. The van der Waals surface area contributed by atoms with Crippen LogP contribution in [0.15, 0.2) is 55.1 Å². The molecule has 0 aliphatic carbocycles. The fraction of sp³-hybridized carbons (Fsp3) is 0.304. The van der Waals surface area contributed by atoms with E-state index in [-0.39, 0.29) is 6.04 Å². The Balaban J connectivity index is 1.38. The van der Waals surface area contributed by atoms with Crippen LogP contribution in [0.2, 0.25) is 0 Å². The Labute approximate surface area is 186 Å². The number of hydrogen-bond donors (Lipinski definition) is 2. The number of anilines is 2. The predicted octanol–water partition coefficient (Wildman–Crippen LogP) is 4.05. The number of aromatic nitrogens is 4. The fourth-order valence-corrected chi connectivity index (χ4v) is 4.67. The summed E-state index contributed by atoms with van der Waals surface area (Å²) >= 11 is 5.88. The van der Waals surface area contributed by atoms with Gasteiger partial charge in [-0.3, -0.25) is 4.98 Å². The highest BCUT2D eigenvalue weighted by molar-refractivity contribution is 7.80. The van der Waals surface area contributed by atoms with E-state index in [1.807, 2.05) is 36.7 Å². The first-order valence-corrected chi connectivity index (χ1v) is 11.0. The Morgan fingerprint density at radius 3 is 2.87 bits per heavy atom. The molecule has 1 atom stereocenters. The van der Waals surface area contributed by atoms with Crippen LogP contribution in [0, 0.1) is 5.92 Å². The van der Waals surface area contributed by atoms with Gasteiger partial charge < -0.3 is 20.1 Å². The lowest BCUT2D eigenvalue weighted by molar-refractivity contribution is 0.227. The molecule has 4 aromatic rings. The minimum absolute atomic E-state index is 0.269. The van der Waals surface area contributed by atoms with E-state index in [0.29, 0.717) is 5.92 Å². The summed E-state index contributed by atoms with van der Waals surface area (Å²) in [7, 11) is 0. The van der Waals surface area contributed by atoms with Gasteiger partial charge in [0.1, 0.15) is 17.8 Å². The number of aromatic amines is 1. The van der Waals surface area contributed by atoms with Gasteiger partial charge in [-0.05, 0) is 48.5 Å². The summed E-state index contributed by atoms with van der Waals surface area (Å²) < 4.78 is 0. The molecule has 0 amide bonds. The largest absolute Gasteiger partial charge is 0.352 e. The number of nitrogens with zero attached hydrogens (tertiary/aromatic N) is 5. The quantitative estimate of drug-likeness (QED) is 0.474. The summed E-state index contributed by atoms with van der Waals surface area (Å²) in [6.07, 6.45) is 5.36.